The minimum Gasteiger partial charge on any atom is -0.361 e. The molecule has 0 bridgehead atoms. The molecule has 0 saturated carbocycles. The van der Waals surface area contributed by atoms with E-state index in [9.17, 15) is 0 Å². The van der Waals surface area contributed by atoms with E-state index < -0.39 is 0 Å². The monoisotopic (exact) mass is 212 g/mol. The molecule has 0 aromatic carbocycles. The molecule has 1 fully saturated rings. The lowest BCUT2D eigenvalue weighted by Crippen LogP contribution is -2.19. The van der Waals surface area contributed by atoms with Gasteiger partial charge in [0.25, 0.3) is 0 Å². The summed E-state index contributed by atoms with van der Waals surface area (Å²) in [6.07, 6.45) is 2.65. The molecule has 0 amide bonds. The normalized spacial score (nSPS) is 17.5. The topological polar surface area (TPSA) is 41.1 Å². The SMILES string of the molecule is CCNc1nc(CN2CCCC2)ns1. The van der Waals surface area contributed by atoms with Crippen LogP contribution in [0.25, 0.3) is 0 Å². The first kappa shape index (κ1) is 9.86. The van der Waals surface area contributed by atoms with Gasteiger partial charge in [-0.15, -0.1) is 0 Å². The fourth-order valence-electron chi connectivity index (χ4n) is 1.68. The van der Waals surface area contributed by atoms with Crippen LogP contribution in [0.1, 0.15) is 25.6 Å². The van der Waals surface area contributed by atoms with Gasteiger partial charge in [0, 0.05) is 18.1 Å². The maximum Gasteiger partial charge on any atom is 0.202 e. The highest BCUT2D eigenvalue weighted by Gasteiger charge is 2.14. The van der Waals surface area contributed by atoms with Gasteiger partial charge in [-0.2, -0.15) is 4.37 Å². The molecule has 1 aliphatic heterocycles. The van der Waals surface area contributed by atoms with Crippen LogP contribution < -0.4 is 5.32 Å². The minimum absolute atomic E-state index is 0.915. The fourth-order valence-corrected chi connectivity index (χ4v) is 2.33. The van der Waals surface area contributed by atoms with E-state index in [0.29, 0.717) is 0 Å². The predicted molar refractivity (Wildman–Crippen MR) is 58.6 cm³/mol. The molecular weight excluding hydrogens is 196 g/mol. The Balaban J connectivity index is 1.88. The molecule has 2 rings (SSSR count). The predicted octanol–water partition coefficient (Wildman–Crippen LogP) is 1.57. The summed E-state index contributed by atoms with van der Waals surface area (Å²) >= 11 is 1.46. The van der Waals surface area contributed by atoms with Gasteiger partial charge in [0.05, 0.1) is 6.54 Å². The Morgan fingerprint density at radius 1 is 1.43 bits per heavy atom. The van der Waals surface area contributed by atoms with Crippen LogP contribution in [-0.4, -0.2) is 33.9 Å². The van der Waals surface area contributed by atoms with E-state index in [2.05, 4.69) is 26.5 Å². The lowest BCUT2D eigenvalue weighted by Gasteiger charge is -2.10. The van der Waals surface area contributed by atoms with Gasteiger partial charge in [0.1, 0.15) is 0 Å². The molecule has 78 valence electrons. The summed E-state index contributed by atoms with van der Waals surface area (Å²) in [5.41, 5.74) is 0. The largest absolute Gasteiger partial charge is 0.361 e. The number of aromatic nitrogens is 2. The molecule has 1 N–H and O–H groups in total. The highest BCUT2D eigenvalue weighted by atomic mass is 32.1. The van der Waals surface area contributed by atoms with Crippen molar-refractivity contribution >= 4 is 16.7 Å². The Kier molecular flexibility index (Phi) is 3.31. The van der Waals surface area contributed by atoms with Crippen molar-refractivity contribution in [3.63, 3.8) is 0 Å². The van der Waals surface area contributed by atoms with Crippen molar-refractivity contribution in [2.24, 2.45) is 0 Å². The van der Waals surface area contributed by atoms with Crippen molar-refractivity contribution in [1.82, 2.24) is 14.3 Å². The van der Waals surface area contributed by atoms with Crippen LogP contribution >= 0.6 is 11.5 Å². The molecule has 4 nitrogen and oxygen atoms in total. The third-order valence-electron chi connectivity index (χ3n) is 2.36. The highest BCUT2D eigenvalue weighted by molar-refractivity contribution is 7.09. The van der Waals surface area contributed by atoms with Crippen LogP contribution in [0.2, 0.25) is 0 Å². The zero-order valence-corrected chi connectivity index (χ0v) is 9.31. The minimum atomic E-state index is 0.915. The van der Waals surface area contributed by atoms with Crippen LogP contribution in [-0.2, 0) is 6.54 Å². The Morgan fingerprint density at radius 3 is 2.93 bits per heavy atom. The Morgan fingerprint density at radius 2 is 2.21 bits per heavy atom. The molecule has 0 unspecified atom stereocenters. The molecule has 1 aromatic heterocycles. The number of hydrogen-bond donors (Lipinski definition) is 1. The van der Waals surface area contributed by atoms with Crippen molar-refractivity contribution < 1.29 is 0 Å². The average molecular weight is 212 g/mol. The second-order valence-corrected chi connectivity index (χ2v) is 4.28. The molecule has 5 heteroatoms. The van der Waals surface area contributed by atoms with Gasteiger partial charge < -0.3 is 5.32 Å². The fraction of sp³-hybridized carbons (Fsp3) is 0.778. The van der Waals surface area contributed by atoms with Gasteiger partial charge in [-0.25, -0.2) is 4.98 Å². The van der Waals surface area contributed by atoms with Crippen molar-refractivity contribution in [1.29, 1.82) is 0 Å². The standard InChI is InChI=1S/C9H16N4S/c1-2-10-9-11-8(12-14-9)7-13-5-3-4-6-13/h2-7H2,1H3,(H,10,11,12). The molecule has 0 spiro atoms. The van der Waals surface area contributed by atoms with Crippen LogP contribution in [0.4, 0.5) is 5.13 Å². The first-order valence-corrected chi connectivity index (χ1v) is 5.94. The number of nitrogens with one attached hydrogen (secondary N) is 1. The first-order chi connectivity index (χ1) is 6.88. The van der Waals surface area contributed by atoms with E-state index in [1.54, 1.807) is 0 Å². The summed E-state index contributed by atoms with van der Waals surface area (Å²) in [6, 6.07) is 0. The third kappa shape index (κ3) is 2.42. The van der Waals surface area contributed by atoms with Gasteiger partial charge in [-0.05, 0) is 32.9 Å². The molecule has 0 atom stereocenters. The highest BCUT2D eigenvalue weighted by Crippen LogP contribution is 2.14. The second-order valence-electron chi connectivity index (χ2n) is 3.53. The van der Waals surface area contributed by atoms with E-state index in [4.69, 9.17) is 0 Å². The lowest BCUT2D eigenvalue weighted by atomic mass is 10.4. The van der Waals surface area contributed by atoms with Gasteiger partial charge in [0.2, 0.25) is 5.13 Å². The van der Waals surface area contributed by atoms with Crippen molar-refractivity contribution in [3.05, 3.63) is 5.82 Å². The van der Waals surface area contributed by atoms with Crippen LogP contribution in [0, 0.1) is 0 Å². The van der Waals surface area contributed by atoms with Gasteiger partial charge in [-0.3, -0.25) is 4.90 Å². The maximum atomic E-state index is 4.42. The zero-order chi connectivity index (χ0) is 9.80. The number of anilines is 1. The Labute approximate surface area is 88.5 Å². The van der Waals surface area contributed by atoms with Gasteiger partial charge in [0.15, 0.2) is 5.82 Å². The van der Waals surface area contributed by atoms with Crippen molar-refractivity contribution in [2.45, 2.75) is 26.3 Å². The summed E-state index contributed by atoms with van der Waals surface area (Å²) in [6.45, 7) is 6.31. The summed E-state index contributed by atoms with van der Waals surface area (Å²) in [4.78, 5) is 6.83. The molecule has 2 heterocycles. The summed E-state index contributed by atoms with van der Waals surface area (Å²) in [7, 11) is 0. The average Bonchev–Trinajstić information content (AvgIpc) is 2.79. The molecule has 1 aliphatic rings. The number of rotatable bonds is 4. The molecule has 14 heavy (non-hydrogen) atoms. The van der Waals surface area contributed by atoms with Crippen LogP contribution in [0.15, 0.2) is 0 Å². The number of hydrogen-bond acceptors (Lipinski definition) is 5. The quantitative estimate of drug-likeness (QED) is 0.822. The number of likely N-dealkylation sites (tertiary alicyclic amines) is 1. The molecule has 1 aromatic rings. The maximum absolute atomic E-state index is 4.42. The van der Waals surface area contributed by atoms with E-state index in [1.807, 2.05) is 0 Å². The summed E-state index contributed by atoms with van der Waals surface area (Å²) in [5, 5.41) is 4.13. The third-order valence-corrected chi connectivity index (χ3v) is 3.07. The van der Waals surface area contributed by atoms with E-state index in [-0.39, 0.29) is 0 Å². The van der Waals surface area contributed by atoms with Gasteiger partial charge in [-0.1, -0.05) is 0 Å². The smallest absolute Gasteiger partial charge is 0.202 e. The van der Waals surface area contributed by atoms with Crippen molar-refractivity contribution in [3.8, 4) is 0 Å². The molecule has 0 aliphatic carbocycles. The molecular formula is C9H16N4S. The Bertz CT molecular complexity index is 280. The number of nitrogens with zero attached hydrogens (tertiary/aromatic N) is 3. The van der Waals surface area contributed by atoms with E-state index in [0.717, 1.165) is 24.0 Å². The second kappa shape index (κ2) is 4.70. The lowest BCUT2D eigenvalue weighted by molar-refractivity contribution is 0.324. The van der Waals surface area contributed by atoms with E-state index >= 15 is 0 Å². The van der Waals surface area contributed by atoms with Gasteiger partial charge >= 0.3 is 0 Å². The Hall–Kier alpha value is -0.680. The van der Waals surface area contributed by atoms with Crippen LogP contribution in [0.3, 0.4) is 0 Å². The molecule has 0 radical (unpaired) electrons. The summed E-state index contributed by atoms with van der Waals surface area (Å²) in [5.74, 6) is 0.966. The molecule has 1 saturated heterocycles. The zero-order valence-electron chi connectivity index (χ0n) is 8.49. The van der Waals surface area contributed by atoms with Crippen LogP contribution in [0.5, 0.6) is 0 Å². The van der Waals surface area contributed by atoms with E-state index in [1.165, 1.54) is 37.5 Å². The van der Waals surface area contributed by atoms with Crippen molar-refractivity contribution in [2.75, 3.05) is 25.0 Å². The first-order valence-electron chi connectivity index (χ1n) is 5.17. The summed E-state index contributed by atoms with van der Waals surface area (Å²) < 4.78 is 4.32.